The zero-order valence-electron chi connectivity index (χ0n) is 26.0. The van der Waals surface area contributed by atoms with E-state index in [-0.39, 0.29) is 12.1 Å². The predicted molar refractivity (Wildman–Crippen MR) is 177 cm³/mol. The number of carbonyl (C=O) groups excluding carboxylic acids is 1. The number of benzene rings is 3. The Labute approximate surface area is 278 Å². The number of fused-ring (bicyclic) bond motifs is 1. The number of aromatic nitrogens is 3. The second-order valence-electron chi connectivity index (χ2n) is 12.4. The van der Waals surface area contributed by atoms with Crippen molar-refractivity contribution in [2.45, 2.75) is 65.0 Å². The summed E-state index contributed by atoms with van der Waals surface area (Å²) in [4.78, 5) is 24.3. The topological polar surface area (TPSA) is 91.8 Å². The molecule has 0 unspecified atom stereocenters. The number of esters is 1. The van der Waals surface area contributed by atoms with Crippen LogP contribution in [0.25, 0.3) is 11.0 Å². The Morgan fingerprint density at radius 2 is 1.85 bits per heavy atom. The third-order valence-electron chi connectivity index (χ3n) is 7.65. The van der Waals surface area contributed by atoms with Gasteiger partial charge in [-0.15, -0.1) is 0 Å². The summed E-state index contributed by atoms with van der Waals surface area (Å²) in [5, 5.41) is 1.04. The van der Waals surface area contributed by atoms with Gasteiger partial charge in [0.15, 0.2) is 6.39 Å². The van der Waals surface area contributed by atoms with E-state index in [0.717, 1.165) is 54.1 Å². The molecule has 0 atom stereocenters. The average Bonchev–Trinajstić information content (AvgIpc) is 3.65. The first-order valence-corrected chi connectivity index (χ1v) is 16.0. The largest absolute Gasteiger partial charge is 0.490 e. The van der Waals surface area contributed by atoms with Crippen molar-refractivity contribution in [3.8, 4) is 11.5 Å². The van der Waals surface area contributed by atoms with E-state index < -0.39 is 5.60 Å². The molecule has 46 heavy (non-hydrogen) atoms. The van der Waals surface area contributed by atoms with Crippen LogP contribution < -0.4 is 9.47 Å². The lowest BCUT2D eigenvalue weighted by Gasteiger charge is -2.32. The van der Waals surface area contributed by atoms with Gasteiger partial charge in [0.2, 0.25) is 0 Å². The van der Waals surface area contributed by atoms with Crippen molar-refractivity contribution in [3.63, 3.8) is 0 Å². The zero-order valence-corrected chi connectivity index (χ0v) is 27.6. The highest BCUT2D eigenvalue weighted by atomic mass is 35.5. The van der Waals surface area contributed by atoms with E-state index in [2.05, 4.69) is 14.5 Å². The second kappa shape index (κ2) is 13.7. The number of carbonyl (C=O) groups is 1. The molecule has 3 aromatic carbocycles. The number of piperidine rings is 1. The lowest BCUT2D eigenvalue weighted by Crippen LogP contribution is -2.38. The van der Waals surface area contributed by atoms with Crippen LogP contribution in [0, 0.1) is 0 Å². The van der Waals surface area contributed by atoms with Crippen LogP contribution in [0.2, 0.25) is 10.0 Å². The molecule has 1 fully saturated rings. The van der Waals surface area contributed by atoms with Gasteiger partial charge in [-0.1, -0.05) is 35.3 Å². The van der Waals surface area contributed by atoms with Crippen molar-refractivity contribution >= 4 is 40.2 Å². The van der Waals surface area contributed by atoms with E-state index in [1.807, 2.05) is 57.2 Å². The number of ether oxygens (including phenoxy) is 3. The van der Waals surface area contributed by atoms with Crippen LogP contribution in [0.15, 0.2) is 77.7 Å². The van der Waals surface area contributed by atoms with Gasteiger partial charge in [0.05, 0.1) is 40.9 Å². The third-order valence-corrected chi connectivity index (χ3v) is 8.18. The number of hydrogen-bond donors (Lipinski definition) is 0. The van der Waals surface area contributed by atoms with E-state index >= 15 is 0 Å². The molecule has 0 radical (unpaired) electrons. The maximum atomic E-state index is 12.8. The van der Waals surface area contributed by atoms with Gasteiger partial charge in [-0.3, -0.25) is 4.90 Å². The predicted octanol–water partition coefficient (Wildman–Crippen LogP) is 7.96. The number of nitrogens with zero attached hydrogens (tertiary/aromatic N) is 4. The van der Waals surface area contributed by atoms with E-state index in [0.29, 0.717) is 46.8 Å². The minimum atomic E-state index is -0.586. The first kappa shape index (κ1) is 31.9. The highest BCUT2D eigenvalue weighted by molar-refractivity contribution is 6.35. The SMILES string of the molecule is CC(C)(C)OC(=O)c1ccc2nc(CN3CCC(Oc4cccc(COc5ccc(Cl)cc5Cl)c4)CC3)n(Cc3cnco3)c2c1. The van der Waals surface area contributed by atoms with Gasteiger partial charge in [-0.05, 0) is 87.7 Å². The molecule has 240 valence electrons. The van der Waals surface area contributed by atoms with Crippen LogP contribution in [0.4, 0.5) is 0 Å². The van der Waals surface area contributed by atoms with E-state index in [9.17, 15) is 4.79 Å². The number of likely N-dealkylation sites (tertiary alicyclic amines) is 1. The smallest absolute Gasteiger partial charge is 0.338 e. The van der Waals surface area contributed by atoms with Gasteiger partial charge in [-0.2, -0.15) is 0 Å². The molecule has 1 saturated heterocycles. The fourth-order valence-electron chi connectivity index (χ4n) is 5.45. The van der Waals surface area contributed by atoms with Crippen LogP contribution in [-0.2, 0) is 24.4 Å². The number of halogens is 2. The highest BCUT2D eigenvalue weighted by Gasteiger charge is 2.24. The molecule has 6 rings (SSSR count). The summed E-state index contributed by atoms with van der Waals surface area (Å²) >= 11 is 12.2. The first-order valence-electron chi connectivity index (χ1n) is 15.3. The van der Waals surface area contributed by atoms with Gasteiger partial charge in [-0.25, -0.2) is 14.8 Å². The van der Waals surface area contributed by atoms with Crippen LogP contribution in [0.1, 0.15) is 61.1 Å². The minimum absolute atomic E-state index is 0.0996. The summed E-state index contributed by atoms with van der Waals surface area (Å²) in [6.07, 6.45) is 4.98. The molecule has 0 saturated carbocycles. The van der Waals surface area contributed by atoms with Crippen LogP contribution >= 0.6 is 23.2 Å². The quantitative estimate of drug-likeness (QED) is 0.139. The molecule has 0 amide bonds. The summed E-state index contributed by atoms with van der Waals surface area (Å²) in [5.74, 6) is 2.63. The molecule has 0 aliphatic carbocycles. The average molecular weight is 664 g/mol. The Bertz CT molecular complexity index is 1810. The lowest BCUT2D eigenvalue weighted by molar-refractivity contribution is 0.00696. The normalized spacial score (nSPS) is 14.5. The Hall–Kier alpha value is -4.05. The third kappa shape index (κ3) is 8.02. The van der Waals surface area contributed by atoms with Gasteiger partial charge < -0.3 is 23.2 Å². The standard InChI is InChI=1S/C35H36Cl2N4O5/c1-35(2,3)46-34(42)24-7-9-30-31(16-24)41(19-28-18-38-22-44-28)33(39-30)20-40-13-11-26(12-14-40)45-27-6-4-5-23(15-27)21-43-32-10-8-25(36)17-29(32)37/h4-10,15-18,22,26H,11-14,19-21H2,1-3H3. The van der Waals surface area contributed by atoms with E-state index in [1.54, 1.807) is 30.5 Å². The summed E-state index contributed by atoms with van der Waals surface area (Å²) in [6, 6.07) is 18.6. The Kier molecular flexibility index (Phi) is 9.54. The molecule has 0 spiro atoms. The first-order chi connectivity index (χ1) is 22.1. The van der Waals surface area contributed by atoms with Crippen molar-refractivity contribution < 1.29 is 23.4 Å². The summed E-state index contributed by atoms with van der Waals surface area (Å²) in [6.45, 7) is 8.76. The Morgan fingerprint density at radius 3 is 2.59 bits per heavy atom. The summed E-state index contributed by atoms with van der Waals surface area (Å²) in [7, 11) is 0. The second-order valence-corrected chi connectivity index (χ2v) is 13.2. The number of oxazole rings is 1. The van der Waals surface area contributed by atoms with Gasteiger partial charge in [0.25, 0.3) is 0 Å². The zero-order chi connectivity index (χ0) is 32.3. The van der Waals surface area contributed by atoms with Crippen molar-refractivity contribution in [1.82, 2.24) is 19.4 Å². The monoisotopic (exact) mass is 662 g/mol. The van der Waals surface area contributed by atoms with Crippen molar-refractivity contribution in [1.29, 1.82) is 0 Å². The number of imidazole rings is 1. The van der Waals surface area contributed by atoms with E-state index in [4.69, 9.17) is 46.8 Å². The highest BCUT2D eigenvalue weighted by Crippen LogP contribution is 2.29. The molecular weight excluding hydrogens is 627 g/mol. The Balaban J connectivity index is 1.10. The van der Waals surface area contributed by atoms with E-state index in [1.165, 1.54) is 6.39 Å². The maximum Gasteiger partial charge on any atom is 0.338 e. The van der Waals surface area contributed by atoms with Gasteiger partial charge in [0, 0.05) is 18.1 Å². The molecule has 2 aromatic heterocycles. The fourth-order valence-corrected chi connectivity index (χ4v) is 5.91. The molecular formula is C35H36Cl2N4O5. The molecule has 3 heterocycles. The number of hydrogen-bond acceptors (Lipinski definition) is 8. The molecule has 0 N–H and O–H groups in total. The molecule has 11 heteroatoms. The van der Waals surface area contributed by atoms with Crippen molar-refractivity contribution in [2.24, 2.45) is 0 Å². The van der Waals surface area contributed by atoms with Crippen LogP contribution in [0.5, 0.6) is 11.5 Å². The molecule has 9 nitrogen and oxygen atoms in total. The molecule has 5 aromatic rings. The summed E-state index contributed by atoms with van der Waals surface area (Å²) in [5.41, 5.74) is 2.53. The lowest BCUT2D eigenvalue weighted by atomic mass is 10.1. The number of rotatable bonds is 10. The van der Waals surface area contributed by atoms with Crippen molar-refractivity contribution in [3.05, 3.63) is 106 Å². The summed E-state index contributed by atoms with van der Waals surface area (Å²) < 4.78 is 25.6. The molecule has 1 aliphatic rings. The fraction of sp³-hybridized carbons (Fsp3) is 0.343. The van der Waals surface area contributed by atoms with Crippen molar-refractivity contribution in [2.75, 3.05) is 13.1 Å². The molecule has 1 aliphatic heterocycles. The maximum absolute atomic E-state index is 12.8. The van der Waals surface area contributed by atoms with Crippen LogP contribution in [0.3, 0.4) is 0 Å². The minimum Gasteiger partial charge on any atom is -0.490 e. The molecule has 0 bridgehead atoms. The van der Waals surface area contributed by atoms with Crippen LogP contribution in [-0.4, -0.2) is 50.2 Å². The Morgan fingerprint density at radius 1 is 1.02 bits per heavy atom. The van der Waals surface area contributed by atoms with Gasteiger partial charge in [0.1, 0.15) is 41.4 Å². The van der Waals surface area contributed by atoms with Gasteiger partial charge >= 0.3 is 5.97 Å².